The van der Waals surface area contributed by atoms with Gasteiger partial charge < -0.3 is 20.1 Å². The van der Waals surface area contributed by atoms with Gasteiger partial charge in [0.05, 0.1) is 13.0 Å². The highest BCUT2D eigenvalue weighted by molar-refractivity contribution is 5.90. The van der Waals surface area contributed by atoms with Crippen LogP contribution in [0.3, 0.4) is 0 Å². The van der Waals surface area contributed by atoms with Crippen molar-refractivity contribution in [2.24, 2.45) is 0 Å². The molecular formula is C29H27N3O3. The summed E-state index contributed by atoms with van der Waals surface area (Å²) in [5, 5.41) is 16.2. The van der Waals surface area contributed by atoms with E-state index in [4.69, 9.17) is 4.74 Å². The van der Waals surface area contributed by atoms with E-state index in [1.807, 2.05) is 66.9 Å². The normalized spacial score (nSPS) is 12.0. The second-order valence-electron chi connectivity index (χ2n) is 8.51. The van der Waals surface area contributed by atoms with E-state index in [2.05, 4.69) is 33.5 Å². The number of hydrogen-bond acceptors (Lipinski definition) is 4. The molecule has 5 rings (SSSR count). The molecule has 0 bridgehead atoms. The Morgan fingerprint density at radius 3 is 2.69 bits per heavy atom. The highest BCUT2D eigenvalue weighted by Crippen LogP contribution is 2.37. The van der Waals surface area contributed by atoms with Gasteiger partial charge in [-0.25, -0.2) is 4.98 Å². The van der Waals surface area contributed by atoms with Gasteiger partial charge in [0.1, 0.15) is 11.6 Å². The summed E-state index contributed by atoms with van der Waals surface area (Å²) >= 11 is 0. The van der Waals surface area contributed by atoms with Gasteiger partial charge >= 0.3 is 5.97 Å². The van der Waals surface area contributed by atoms with E-state index in [0.29, 0.717) is 6.61 Å². The first-order valence-electron chi connectivity index (χ1n) is 11.8. The maximum Gasteiger partial charge on any atom is 0.304 e. The van der Waals surface area contributed by atoms with Gasteiger partial charge in [-0.05, 0) is 52.6 Å². The number of ether oxygens (including phenoxy) is 1. The SMILES string of the molecule is O=C(O)CC(c1cccc2ccccc12)c1c[nH]c2cc(OCCCNc3ccccn3)ccc12. The number of carbonyl (C=O) groups is 1. The summed E-state index contributed by atoms with van der Waals surface area (Å²) in [5.74, 6) is 0.548. The summed E-state index contributed by atoms with van der Waals surface area (Å²) in [5.41, 5.74) is 2.93. The first-order valence-corrected chi connectivity index (χ1v) is 11.8. The lowest BCUT2D eigenvalue weighted by Gasteiger charge is -2.18. The zero-order valence-electron chi connectivity index (χ0n) is 19.3. The topological polar surface area (TPSA) is 87.2 Å². The van der Waals surface area contributed by atoms with Crippen LogP contribution in [0.5, 0.6) is 5.75 Å². The summed E-state index contributed by atoms with van der Waals surface area (Å²) < 4.78 is 5.95. The van der Waals surface area contributed by atoms with Gasteiger partial charge in [0.25, 0.3) is 0 Å². The molecule has 3 N–H and O–H groups in total. The molecule has 0 fully saturated rings. The van der Waals surface area contributed by atoms with Crippen LogP contribution in [0.25, 0.3) is 21.7 Å². The molecule has 1 atom stereocenters. The molecule has 35 heavy (non-hydrogen) atoms. The van der Waals surface area contributed by atoms with Crippen LogP contribution in [-0.2, 0) is 4.79 Å². The van der Waals surface area contributed by atoms with E-state index in [1.165, 1.54) is 0 Å². The van der Waals surface area contributed by atoms with Gasteiger partial charge in [0.2, 0.25) is 0 Å². The van der Waals surface area contributed by atoms with Crippen LogP contribution < -0.4 is 10.1 Å². The van der Waals surface area contributed by atoms with E-state index in [1.54, 1.807) is 6.20 Å². The lowest BCUT2D eigenvalue weighted by atomic mass is 9.85. The molecule has 2 heterocycles. The molecule has 0 aliphatic rings. The van der Waals surface area contributed by atoms with E-state index < -0.39 is 5.97 Å². The maximum absolute atomic E-state index is 11.8. The number of anilines is 1. The number of carboxylic acid groups (broad SMARTS) is 1. The van der Waals surface area contributed by atoms with E-state index >= 15 is 0 Å². The smallest absolute Gasteiger partial charge is 0.304 e. The van der Waals surface area contributed by atoms with Gasteiger partial charge in [-0.1, -0.05) is 48.5 Å². The molecule has 0 amide bonds. The lowest BCUT2D eigenvalue weighted by molar-refractivity contribution is -0.137. The molecule has 176 valence electrons. The first-order chi connectivity index (χ1) is 17.2. The van der Waals surface area contributed by atoms with Crippen molar-refractivity contribution in [3.8, 4) is 5.75 Å². The minimum Gasteiger partial charge on any atom is -0.493 e. The standard InChI is InChI=1S/C29H27N3O3/c33-29(34)18-25(23-10-5-8-20-7-1-2-9-22(20)23)26-19-32-27-17-21(12-13-24(26)27)35-16-6-15-31-28-11-3-4-14-30-28/h1-5,7-14,17,19,25,32H,6,15-16,18H2,(H,30,31)(H,33,34). The molecule has 5 aromatic rings. The van der Waals surface area contributed by atoms with Crippen molar-refractivity contribution in [2.75, 3.05) is 18.5 Å². The van der Waals surface area contributed by atoms with Gasteiger partial charge in [0, 0.05) is 41.8 Å². The molecular weight excluding hydrogens is 438 g/mol. The van der Waals surface area contributed by atoms with E-state index in [-0.39, 0.29) is 12.3 Å². The maximum atomic E-state index is 11.8. The fourth-order valence-electron chi connectivity index (χ4n) is 4.57. The molecule has 0 saturated heterocycles. The largest absolute Gasteiger partial charge is 0.493 e. The van der Waals surface area contributed by atoms with E-state index in [0.717, 1.165) is 57.3 Å². The Labute approximate surface area is 203 Å². The minimum absolute atomic E-state index is 0.0164. The van der Waals surface area contributed by atoms with E-state index in [9.17, 15) is 9.90 Å². The summed E-state index contributed by atoms with van der Waals surface area (Å²) in [4.78, 5) is 19.4. The number of aliphatic carboxylic acids is 1. The molecule has 0 saturated carbocycles. The Bertz CT molecular complexity index is 1440. The van der Waals surface area contributed by atoms with Crippen molar-refractivity contribution in [3.05, 3.63) is 102 Å². The Kier molecular flexibility index (Phi) is 6.61. The van der Waals surface area contributed by atoms with Crippen LogP contribution in [-0.4, -0.2) is 34.2 Å². The minimum atomic E-state index is -0.823. The quantitative estimate of drug-likeness (QED) is 0.214. The third kappa shape index (κ3) is 5.11. The number of H-pyrrole nitrogens is 1. The third-order valence-corrected chi connectivity index (χ3v) is 6.20. The van der Waals surface area contributed by atoms with Crippen molar-refractivity contribution >= 4 is 33.5 Å². The average Bonchev–Trinajstić information content (AvgIpc) is 3.30. The Morgan fingerprint density at radius 2 is 1.83 bits per heavy atom. The van der Waals surface area contributed by atoms with Crippen LogP contribution in [0.4, 0.5) is 5.82 Å². The monoisotopic (exact) mass is 465 g/mol. The molecule has 6 nitrogen and oxygen atoms in total. The summed E-state index contributed by atoms with van der Waals surface area (Å²) in [6, 6.07) is 25.9. The second-order valence-corrected chi connectivity index (χ2v) is 8.51. The lowest BCUT2D eigenvalue weighted by Crippen LogP contribution is -2.08. The highest BCUT2D eigenvalue weighted by atomic mass is 16.5. The number of hydrogen-bond donors (Lipinski definition) is 3. The molecule has 0 aliphatic heterocycles. The molecule has 0 radical (unpaired) electrons. The molecule has 0 spiro atoms. The van der Waals surface area contributed by atoms with Crippen LogP contribution >= 0.6 is 0 Å². The van der Waals surface area contributed by atoms with Crippen molar-refractivity contribution < 1.29 is 14.6 Å². The number of carboxylic acids is 1. The number of aromatic amines is 1. The third-order valence-electron chi connectivity index (χ3n) is 6.20. The average molecular weight is 466 g/mol. The van der Waals surface area contributed by atoms with Crippen molar-refractivity contribution in [1.29, 1.82) is 0 Å². The van der Waals surface area contributed by atoms with Crippen molar-refractivity contribution in [1.82, 2.24) is 9.97 Å². The number of nitrogens with one attached hydrogen (secondary N) is 2. The number of nitrogens with zero attached hydrogens (tertiary/aromatic N) is 1. The molecule has 2 aromatic heterocycles. The summed E-state index contributed by atoms with van der Waals surface area (Å²) in [6.45, 7) is 1.35. The van der Waals surface area contributed by atoms with Crippen molar-refractivity contribution in [3.63, 3.8) is 0 Å². The number of fused-ring (bicyclic) bond motifs is 2. The Morgan fingerprint density at radius 1 is 0.971 bits per heavy atom. The van der Waals surface area contributed by atoms with Gasteiger partial charge in [0.15, 0.2) is 0 Å². The zero-order chi connectivity index (χ0) is 24.0. The predicted octanol–water partition coefficient (Wildman–Crippen LogP) is 6.20. The Hall–Kier alpha value is -4.32. The summed E-state index contributed by atoms with van der Waals surface area (Å²) in [6.07, 6.45) is 4.55. The second kappa shape index (κ2) is 10.3. The summed E-state index contributed by atoms with van der Waals surface area (Å²) in [7, 11) is 0. The number of benzene rings is 3. The number of pyridine rings is 1. The molecule has 6 heteroatoms. The van der Waals surface area contributed by atoms with Gasteiger partial charge in [-0.3, -0.25) is 4.79 Å². The van der Waals surface area contributed by atoms with Gasteiger partial charge in [-0.2, -0.15) is 0 Å². The molecule has 3 aromatic carbocycles. The zero-order valence-corrected chi connectivity index (χ0v) is 19.3. The van der Waals surface area contributed by atoms with Gasteiger partial charge in [-0.15, -0.1) is 0 Å². The highest BCUT2D eigenvalue weighted by Gasteiger charge is 2.23. The fraction of sp³-hybridized carbons (Fsp3) is 0.172. The fourth-order valence-corrected chi connectivity index (χ4v) is 4.57. The van der Waals surface area contributed by atoms with Crippen LogP contribution in [0.2, 0.25) is 0 Å². The number of rotatable bonds is 10. The van der Waals surface area contributed by atoms with Crippen LogP contribution in [0.1, 0.15) is 29.9 Å². The molecule has 1 unspecified atom stereocenters. The Balaban J connectivity index is 1.33. The first kappa shape index (κ1) is 22.5. The predicted molar refractivity (Wildman–Crippen MR) is 139 cm³/mol. The molecule has 0 aliphatic carbocycles. The van der Waals surface area contributed by atoms with Crippen molar-refractivity contribution in [2.45, 2.75) is 18.8 Å². The van der Waals surface area contributed by atoms with Crippen LogP contribution in [0, 0.1) is 0 Å². The number of aromatic nitrogens is 2. The van der Waals surface area contributed by atoms with Crippen LogP contribution in [0.15, 0.2) is 91.3 Å².